The quantitative estimate of drug-likeness (QED) is 0.627. The minimum Gasteiger partial charge on any atom is -0.464 e. The van der Waals surface area contributed by atoms with Crippen molar-refractivity contribution >= 4 is 0 Å². The third-order valence-corrected chi connectivity index (χ3v) is 2.90. The van der Waals surface area contributed by atoms with Crippen LogP contribution in [0.2, 0.25) is 0 Å². The molecule has 2 aromatic rings. The third-order valence-electron chi connectivity index (χ3n) is 2.90. The van der Waals surface area contributed by atoms with E-state index in [4.69, 9.17) is 10.3 Å². The molecular weight excluding hydrogens is 212 g/mol. The number of nitrogens with one attached hydrogen (secondary N) is 1. The molecule has 0 aliphatic heterocycles. The van der Waals surface area contributed by atoms with E-state index in [-0.39, 0.29) is 6.04 Å². The number of hydrogen-bond donors (Lipinski definition) is 2. The van der Waals surface area contributed by atoms with Crippen LogP contribution in [0.5, 0.6) is 0 Å². The largest absolute Gasteiger partial charge is 0.464 e. The van der Waals surface area contributed by atoms with Gasteiger partial charge in [-0.2, -0.15) is 0 Å². The molecule has 0 saturated carbocycles. The molecule has 1 atom stereocenters. The first-order valence-electron chi connectivity index (χ1n) is 5.86. The molecule has 0 spiro atoms. The summed E-state index contributed by atoms with van der Waals surface area (Å²) in [5.41, 5.74) is 5.23. The molecule has 1 aromatic heterocycles. The molecule has 0 radical (unpaired) electrons. The van der Waals surface area contributed by atoms with E-state index in [1.165, 1.54) is 5.56 Å². The van der Waals surface area contributed by atoms with Crippen molar-refractivity contribution in [1.29, 1.82) is 0 Å². The summed E-state index contributed by atoms with van der Waals surface area (Å²) in [5, 5.41) is 0. The van der Waals surface area contributed by atoms with Gasteiger partial charge in [0, 0.05) is 0 Å². The predicted octanol–water partition coefficient (Wildman–Crippen LogP) is 2.70. The fourth-order valence-electron chi connectivity index (χ4n) is 1.94. The second-order valence-corrected chi connectivity index (χ2v) is 4.15. The Kier molecular flexibility index (Phi) is 3.61. The van der Waals surface area contributed by atoms with E-state index in [1.54, 1.807) is 0 Å². The molecule has 0 saturated heterocycles. The summed E-state index contributed by atoms with van der Waals surface area (Å²) < 4.78 is 5.62. The van der Waals surface area contributed by atoms with Crippen LogP contribution in [-0.2, 0) is 6.42 Å². The molecular formula is C14H18N2O. The third kappa shape index (κ3) is 2.57. The number of furan rings is 1. The molecule has 2 rings (SSSR count). The van der Waals surface area contributed by atoms with Crippen LogP contribution in [0.15, 0.2) is 40.8 Å². The maximum absolute atomic E-state index is 5.63. The normalized spacial score (nSPS) is 12.6. The van der Waals surface area contributed by atoms with E-state index in [0.717, 1.165) is 23.5 Å². The SMILES string of the molecule is CCc1cccc(C(NN)c2ccc(C)o2)c1. The van der Waals surface area contributed by atoms with Gasteiger partial charge in [0.25, 0.3) is 0 Å². The summed E-state index contributed by atoms with van der Waals surface area (Å²) in [4.78, 5) is 0. The van der Waals surface area contributed by atoms with Crippen LogP contribution in [0.1, 0.15) is 35.6 Å². The number of hydrogen-bond acceptors (Lipinski definition) is 3. The first-order valence-corrected chi connectivity index (χ1v) is 5.86. The molecule has 0 fully saturated rings. The lowest BCUT2D eigenvalue weighted by Crippen LogP contribution is -2.28. The van der Waals surface area contributed by atoms with E-state index < -0.39 is 0 Å². The van der Waals surface area contributed by atoms with Gasteiger partial charge in [0.05, 0.1) is 0 Å². The molecule has 3 nitrogen and oxygen atoms in total. The molecule has 17 heavy (non-hydrogen) atoms. The molecule has 3 N–H and O–H groups in total. The highest BCUT2D eigenvalue weighted by Gasteiger charge is 2.15. The molecule has 0 aliphatic carbocycles. The van der Waals surface area contributed by atoms with Gasteiger partial charge >= 0.3 is 0 Å². The van der Waals surface area contributed by atoms with Crippen LogP contribution < -0.4 is 11.3 Å². The van der Waals surface area contributed by atoms with Gasteiger partial charge in [-0.15, -0.1) is 0 Å². The Balaban J connectivity index is 2.34. The zero-order valence-electron chi connectivity index (χ0n) is 10.2. The van der Waals surface area contributed by atoms with Crippen molar-refractivity contribution in [3.8, 4) is 0 Å². The Hall–Kier alpha value is -1.58. The fraction of sp³-hybridized carbons (Fsp3) is 0.286. The maximum atomic E-state index is 5.63. The second-order valence-electron chi connectivity index (χ2n) is 4.15. The fourth-order valence-corrected chi connectivity index (χ4v) is 1.94. The maximum Gasteiger partial charge on any atom is 0.126 e. The molecule has 1 unspecified atom stereocenters. The Morgan fingerprint density at radius 3 is 2.71 bits per heavy atom. The van der Waals surface area contributed by atoms with Gasteiger partial charge in [0.2, 0.25) is 0 Å². The predicted molar refractivity (Wildman–Crippen MR) is 68.4 cm³/mol. The number of nitrogens with two attached hydrogens (primary N) is 1. The average molecular weight is 230 g/mol. The van der Waals surface area contributed by atoms with Crippen molar-refractivity contribution in [2.24, 2.45) is 5.84 Å². The van der Waals surface area contributed by atoms with Crippen molar-refractivity contribution in [2.75, 3.05) is 0 Å². The lowest BCUT2D eigenvalue weighted by molar-refractivity contribution is 0.434. The lowest BCUT2D eigenvalue weighted by Gasteiger charge is -2.14. The zero-order chi connectivity index (χ0) is 12.3. The van der Waals surface area contributed by atoms with E-state index >= 15 is 0 Å². The van der Waals surface area contributed by atoms with Crippen LogP contribution in [0.25, 0.3) is 0 Å². The Labute approximate surface area is 102 Å². The van der Waals surface area contributed by atoms with Gasteiger partial charge in [0.1, 0.15) is 17.6 Å². The van der Waals surface area contributed by atoms with Crippen LogP contribution in [0, 0.1) is 6.92 Å². The monoisotopic (exact) mass is 230 g/mol. The molecule has 0 bridgehead atoms. The molecule has 0 aliphatic rings. The zero-order valence-corrected chi connectivity index (χ0v) is 10.2. The standard InChI is InChI=1S/C14H18N2O/c1-3-11-5-4-6-12(9-11)14(16-15)13-8-7-10(2)17-13/h4-9,14,16H,3,15H2,1-2H3. The number of aryl methyl sites for hydroxylation is 2. The van der Waals surface area contributed by atoms with Crippen molar-refractivity contribution < 1.29 is 4.42 Å². The molecule has 1 heterocycles. The number of rotatable bonds is 4. The molecule has 3 heteroatoms. The first-order chi connectivity index (χ1) is 8.24. The van der Waals surface area contributed by atoms with Gasteiger partial charge in [-0.3, -0.25) is 5.84 Å². The summed E-state index contributed by atoms with van der Waals surface area (Å²) in [6.07, 6.45) is 1.02. The van der Waals surface area contributed by atoms with E-state index in [2.05, 4.69) is 30.5 Å². The smallest absolute Gasteiger partial charge is 0.126 e. The minimum atomic E-state index is -0.0878. The van der Waals surface area contributed by atoms with Crippen molar-refractivity contribution in [3.05, 3.63) is 59.0 Å². The van der Waals surface area contributed by atoms with Crippen molar-refractivity contribution in [1.82, 2.24) is 5.43 Å². The van der Waals surface area contributed by atoms with Gasteiger partial charge in [-0.25, -0.2) is 5.43 Å². The minimum absolute atomic E-state index is 0.0878. The first kappa shape index (κ1) is 11.9. The van der Waals surface area contributed by atoms with Crippen molar-refractivity contribution in [3.63, 3.8) is 0 Å². The summed E-state index contributed by atoms with van der Waals surface area (Å²) in [7, 11) is 0. The molecule has 0 amide bonds. The van der Waals surface area contributed by atoms with Gasteiger partial charge in [-0.1, -0.05) is 31.2 Å². The van der Waals surface area contributed by atoms with E-state index in [1.807, 2.05) is 25.1 Å². The van der Waals surface area contributed by atoms with Crippen LogP contribution in [0.3, 0.4) is 0 Å². The highest BCUT2D eigenvalue weighted by atomic mass is 16.3. The molecule has 1 aromatic carbocycles. The summed E-state index contributed by atoms with van der Waals surface area (Å²) in [5.74, 6) is 7.37. The summed E-state index contributed by atoms with van der Waals surface area (Å²) in [6, 6.07) is 12.2. The van der Waals surface area contributed by atoms with Crippen LogP contribution in [0.4, 0.5) is 0 Å². The van der Waals surface area contributed by atoms with Crippen LogP contribution in [-0.4, -0.2) is 0 Å². The topological polar surface area (TPSA) is 51.2 Å². The van der Waals surface area contributed by atoms with Crippen molar-refractivity contribution in [2.45, 2.75) is 26.3 Å². The summed E-state index contributed by atoms with van der Waals surface area (Å²) in [6.45, 7) is 4.07. The average Bonchev–Trinajstić information content (AvgIpc) is 2.77. The Morgan fingerprint density at radius 1 is 1.29 bits per heavy atom. The highest BCUT2D eigenvalue weighted by Crippen LogP contribution is 2.23. The summed E-state index contributed by atoms with van der Waals surface area (Å²) >= 11 is 0. The van der Waals surface area contributed by atoms with E-state index in [9.17, 15) is 0 Å². The van der Waals surface area contributed by atoms with E-state index in [0.29, 0.717) is 0 Å². The highest BCUT2D eigenvalue weighted by molar-refractivity contribution is 5.31. The van der Waals surface area contributed by atoms with Gasteiger partial charge in [-0.05, 0) is 36.6 Å². The number of hydrazine groups is 1. The Morgan fingerprint density at radius 2 is 2.12 bits per heavy atom. The number of benzene rings is 1. The van der Waals surface area contributed by atoms with Crippen LogP contribution >= 0.6 is 0 Å². The second kappa shape index (κ2) is 5.17. The molecule has 90 valence electrons. The lowest BCUT2D eigenvalue weighted by atomic mass is 10.0. The van der Waals surface area contributed by atoms with Gasteiger partial charge in [0.15, 0.2) is 0 Å². The van der Waals surface area contributed by atoms with Gasteiger partial charge < -0.3 is 4.42 Å². The Bertz CT molecular complexity index is 490.